The number of alkyl halides is 2. The molecule has 0 radical (unpaired) electrons. The summed E-state index contributed by atoms with van der Waals surface area (Å²) in [7, 11) is 0.924. The number of sulfonamides is 1. The van der Waals surface area contributed by atoms with Crippen LogP contribution >= 0.6 is 11.3 Å². The molecule has 1 atom stereocenters. The van der Waals surface area contributed by atoms with Gasteiger partial charge < -0.3 is 14.7 Å². The third-order valence-corrected chi connectivity index (χ3v) is 9.38. The maximum Gasteiger partial charge on any atom is 0.319 e. The number of carbonyl (C=O) groups is 1. The monoisotopic (exact) mass is 579 g/mol. The van der Waals surface area contributed by atoms with Crippen molar-refractivity contribution in [3.63, 3.8) is 0 Å². The number of urea groups is 1. The first-order valence-corrected chi connectivity index (χ1v) is 14.5. The van der Waals surface area contributed by atoms with Gasteiger partial charge in [-0.2, -0.15) is 15.1 Å². The van der Waals surface area contributed by atoms with Crippen molar-refractivity contribution < 1.29 is 22.0 Å². The van der Waals surface area contributed by atoms with Crippen molar-refractivity contribution in [1.29, 1.82) is 5.26 Å². The standard InChI is InChI=1S/C23H27F2N9O3S2/c1-13-11-33(7-8-34(13)22(35)31(2)3)16-10-14(39(36,37)30-23(12-26)5-6-23)9-15-17(29-32(4)18(15)16)20-27-28-21(38-20)19(24)25/h9-10,13,19,30H,5-8,11H2,1-4H3/t13-/m0/s1. The highest BCUT2D eigenvalue weighted by atomic mass is 32.2. The SMILES string of the molecule is C[C@H]1CN(c2cc(S(=O)(=O)NC3(C#N)CC3)cc3c(-c4nnc(C(F)F)s4)nn(C)c23)CCN1C(=O)N(C)C. The van der Waals surface area contributed by atoms with Gasteiger partial charge in [-0.15, -0.1) is 10.2 Å². The number of hydrogen-bond acceptors (Lipinski definition) is 9. The average molecular weight is 580 g/mol. The summed E-state index contributed by atoms with van der Waals surface area (Å²) < 4.78 is 57.5. The number of piperazine rings is 1. The predicted molar refractivity (Wildman–Crippen MR) is 140 cm³/mol. The van der Waals surface area contributed by atoms with Crippen LogP contribution in [0.2, 0.25) is 0 Å². The minimum Gasteiger partial charge on any atom is -0.366 e. The van der Waals surface area contributed by atoms with Crippen molar-refractivity contribution in [2.45, 2.75) is 42.7 Å². The number of aromatic nitrogens is 4. The van der Waals surface area contributed by atoms with Gasteiger partial charge in [-0.1, -0.05) is 11.3 Å². The number of rotatable bonds is 6. The Hall–Kier alpha value is -3.42. The molecule has 1 aromatic carbocycles. The first kappa shape index (κ1) is 27.2. The molecule has 208 valence electrons. The molecule has 2 amide bonds. The van der Waals surface area contributed by atoms with E-state index in [0.29, 0.717) is 60.4 Å². The smallest absolute Gasteiger partial charge is 0.319 e. The van der Waals surface area contributed by atoms with Gasteiger partial charge in [-0.25, -0.2) is 22.0 Å². The van der Waals surface area contributed by atoms with Crippen molar-refractivity contribution in [1.82, 2.24) is 34.5 Å². The second-order valence-corrected chi connectivity index (χ2v) is 12.7. The van der Waals surface area contributed by atoms with Crippen LogP contribution in [-0.2, 0) is 17.1 Å². The van der Waals surface area contributed by atoms with E-state index in [4.69, 9.17) is 0 Å². The van der Waals surface area contributed by atoms with Crippen molar-refractivity contribution >= 4 is 44.0 Å². The van der Waals surface area contributed by atoms with Gasteiger partial charge in [-0.05, 0) is 31.9 Å². The first-order chi connectivity index (χ1) is 18.4. The summed E-state index contributed by atoms with van der Waals surface area (Å²) in [6.07, 6.45) is -1.97. The zero-order chi connectivity index (χ0) is 28.3. The maximum absolute atomic E-state index is 13.5. The number of nitrogens with zero attached hydrogens (tertiary/aromatic N) is 8. The van der Waals surface area contributed by atoms with E-state index >= 15 is 0 Å². The van der Waals surface area contributed by atoms with Crippen molar-refractivity contribution in [2.75, 3.05) is 38.6 Å². The quantitative estimate of drug-likeness (QED) is 0.470. The van der Waals surface area contributed by atoms with E-state index in [1.165, 1.54) is 17.0 Å². The molecule has 16 heteroatoms. The first-order valence-electron chi connectivity index (χ1n) is 12.2. The minimum atomic E-state index is -4.13. The number of hydrogen-bond donors (Lipinski definition) is 1. The van der Waals surface area contributed by atoms with Gasteiger partial charge in [-0.3, -0.25) is 4.68 Å². The van der Waals surface area contributed by atoms with Gasteiger partial charge in [0.2, 0.25) is 10.0 Å². The molecular weight excluding hydrogens is 552 g/mol. The summed E-state index contributed by atoms with van der Waals surface area (Å²) in [6.45, 7) is 3.17. The Morgan fingerprint density at radius 2 is 2.00 bits per heavy atom. The highest BCUT2D eigenvalue weighted by molar-refractivity contribution is 7.89. The lowest BCUT2D eigenvalue weighted by atomic mass is 10.1. The van der Waals surface area contributed by atoms with Gasteiger partial charge in [0.1, 0.15) is 11.2 Å². The van der Waals surface area contributed by atoms with Gasteiger partial charge in [0, 0.05) is 52.2 Å². The minimum absolute atomic E-state index is 0.0844. The molecule has 2 aliphatic rings. The number of nitrogens with one attached hydrogen (secondary N) is 1. The summed E-state index contributed by atoms with van der Waals surface area (Å²) in [5, 5.41) is 21.5. The molecule has 3 aromatic rings. The van der Waals surface area contributed by atoms with E-state index in [0.717, 1.165) is 0 Å². The van der Waals surface area contributed by atoms with Crippen LogP contribution in [0.15, 0.2) is 17.0 Å². The van der Waals surface area contributed by atoms with E-state index in [1.807, 2.05) is 17.9 Å². The Kier molecular flexibility index (Phi) is 6.72. The molecule has 0 bridgehead atoms. The number of carbonyl (C=O) groups excluding carboxylic acids is 1. The number of aryl methyl sites for hydroxylation is 1. The Labute approximate surface area is 227 Å². The van der Waals surface area contributed by atoms with Crippen molar-refractivity contribution in [3.8, 4) is 16.8 Å². The number of nitriles is 1. The molecule has 12 nitrogen and oxygen atoms in total. The summed E-state index contributed by atoms with van der Waals surface area (Å²) in [5.41, 5.74) is 0.229. The number of halogens is 2. The fourth-order valence-electron chi connectivity index (χ4n) is 4.74. The van der Waals surface area contributed by atoms with Crippen molar-refractivity contribution in [2.24, 2.45) is 7.05 Å². The molecule has 5 rings (SSSR count). The second-order valence-electron chi connectivity index (χ2n) is 10.0. The van der Waals surface area contributed by atoms with Crippen LogP contribution < -0.4 is 9.62 Å². The number of amides is 2. The highest BCUT2D eigenvalue weighted by Crippen LogP contribution is 2.40. The average Bonchev–Trinajstić information content (AvgIpc) is 3.31. The summed E-state index contributed by atoms with van der Waals surface area (Å²) in [5.74, 6) is 0. The van der Waals surface area contributed by atoms with Gasteiger partial charge in [0.15, 0.2) is 10.0 Å². The zero-order valence-corrected chi connectivity index (χ0v) is 23.4. The molecule has 1 aliphatic heterocycles. The van der Waals surface area contributed by atoms with Gasteiger partial charge >= 0.3 is 6.03 Å². The molecular formula is C23H27F2N9O3S2. The molecule has 39 heavy (non-hydrogen) atoms. The lowest BCUT2D eigenvalue weighted by Gasteiger charge is -2.42. The highest BCUT2D eigenvalue weighted by Gasteiger charge is 2.47. The molecule has 1 aliphatic carbocycles. The molecule has 1 saturated heterocycles. The molecule has 1 N–H and O–H groups in total. The normalized spacial score (nSPS) is 19.0. The van der Waals surface area contributed by atoms with Crippen LogP contribution in [0.4, 0.5) is 19.3 Å². The number of fused-ring (bicyclic) bond motifs is 1. The lowest BCUT2D eigenvalue weighted by Crippen LogP contribution is -2.56. The Bertz CT molecular complexity index is 1590. The molecule has 3 heterocycles. The van der Waals surface area contributed by atoms with Crippen LogP contribution in [0, 0.1) is 11.3 Å². The Morgan fingerprint density at radius 1 is 1.28 bits per heavy atom. The van der Waals surface area contributed by atoms with Crippen LogP contribution in [-0.4, -0.2) is 89.5 Å². The lowest BCUT2D eigenvalue weighted by molar-refractivity contribution is 0.147. The zero-order valence-electron chi connectivity index (χ0n) is 21.7. The van der Waals surface area contributed by atoms with Crippen LogP contribution in [0.5, 0.6) is 0 Å². The van der Waals surface area contributed by atoms with Gasteiger partial charge in [0.25, 0.3) is 6.43 Å². The van der Waals surface area contributed by atoms with E-state index in [2.05, 4.69) is 20.0 Å². The molecule has 2 fully saturated rings. The van der Waals surface area contributed by atoms with E-state index in [-0.39, 0.29) is 27.7 Å². The second kappa shape index (κ2) is 9.65. The molecule has 1 saturated carbocycles. The van der Waals surface area contributed by atoms with Crippen LogP contribution in [0.25, 0.3) is 21.6 Å². The molecule has 2 aromatic heterocycles. The summed E-state index contributed by atoms with van der Waals surface area (Å²) in [4.78, 5) is 17.8. The third-order valence-electron chi connectivity index (χ3n) is 6.92. The largest absolute Gasteiger partial charge is 0.366 e. The van der Waals surface area contributed by atoms with Gasteiger partial charge in [0.05, 0.1) is 22.2 Å². The number of benzene rings is 1. The van der Waals surface area contributed by atoms with Crippen molar-refractivity contribution in [3.05, 3.63) is 17.1 Å². The third kappa shape index (κ3) is 4.90. The van der Waals surface area contributed by atoms with E-state index < -0.39 is 27.0 Å². The predicted octanol–water partition coefficient (Wildman–Crippen LogP) is 2.56. The summed E-state index contributed by atoms with van der Waals surface area (Å²) in [6, 6.07) is 4.69. The van der Waals surface area contributed by atoms with Crippen LogP contribution in [0.3, 0.4) is 0 Å². The number of anilines is 1. The van der Waals surface area contributed by atoms with Crippen LogP contribution in [0.1, 0.15) is 31.2 Å². The molecule has 0 spiro atoms. The fraction of sp³-hybridized carbons (Fsp3) is 0.522. The van der Waals surface area contributed by atoms with E-state index in [1.54, 1.807) is 30.7 Å². The Balaban J connectivity index is 1.64. The topological polar surface area (TPSA) is 140 Å². The van der Waals surface area contributed by atoms with E-state index in [9.17, 15) is 27.3 Å². The summed E-state index contributed by atoms with van der Waals surface area (Å²) >= 11 is 0.689. The molecule has 0 unspecified atom stereocenters. The fourth-order valence-corrected chi connectivity index (χ4v) is 6.86. The maximum atomic E-state index is 13.5. The Morgan fingerprint density at radius 3 is 2.56 bits per heavy atom.